The highest BCUT2D eigenvalue weighted by Crippen LogP contribution is 2.27. The molecule has 0 aliphatic rings. The summed E-state index contributed by atoms with van der Waals surface area (Å²) in [5, 5.41) is 9.06. The fourth-order valence-corrected chi connectivity index (χ4v) is 2.21. The van der Waals surface area contributed by atoms with Gasteiger partial charge in [0, 0.05) is 10.4 Å². The molecule has 0 unspecified atom stereocenters. The third-order valence-electron chi connectivity index (χ3n) is 2.04. The molecule has 13 heavy (non-hydrogen) atoms. The molecular formula is C9H12O3S. The van der Waals surface area contributed by atoms with Crippen molar-refractivity contribution in [3.8, 4) is 0 Å². The first-order valence-corrected chi connectivity index (χ1v) is 4.71. The molecule has 0 bridgehead atoms. The zero-order valence-electron chi connectivity index (χ0n) is 7.88. The molecule has 72 valence electrons. The van der Waals surface area contributed by atoms with E-state index in [0.29, 0.717) is 10.4 Å². The van der Waals surface area contributed by atoms with Gasteiger partial charge in [-0.25, -0.2) is 4.79 Å². The van der Waals surface area contributed by atoms with Gasteiger partial charge in [-0.2, -0.15) is 0 Å². The van der Waals surface area contributed by atoms with E-state index in [0.717, 1.165) is 10.4 Å². The van der Waals surface area contributed by atoms with E-state index in [-0.39, 0.29) is 12.6 Å². The van der Waals surface area contributed by atoms with Crippen molar-refractivity contribution in [3.05, 3.63) is 20.9 Å². The Morgan fingerprint density at radius 2 is 2.15 bits per heavy atom. The zero-order chi connectivity index (χ0) is 10.0. The number of hydrogen-bond acceptors (Lipinski definition) is 4. The minimum atomic E-state index is -0.370. The second-order valence-electron chi connectivity index (χ2n) is 2.74. The van der Waals surface area contributed by atoms with Crippen molar-refractivity contribution in [3.63, 3.8) is 0 Å². The number of rotatable bonds is 2. The molecule has 1 heterocycles. The van der Waals surface area contributed by atoms with E-state index >= 15 is 0 Å². The van der Waals surface area contributed by atoms with Gasteiger partial charge < -0.3 is 9.84 Å². The lowest BCUT2D eigenvalue weighted by atomic mass is 10.1. The molecule has 0 amide bonds. The molecule has 1 aromatic heterocycles. The van der Waals surface area contributed by atoms with Crippen molar-refractivity contribution in [2.45, 2.75) is 20.5 Å². The standard InChI is InChI=1S/C9H12O3S/c1-5-6(2)13-8(7(5)4-10)9(11)12-3/h10H,4H2,1-3H3. The minimum absolute atomic E-state index is 0.111. The van der Waals surface area contributed by atoms with Gasteiger partial charge in [-0.1, -0.05) is 0 Å². The lowest BCUT2D eigenvalue weighted by molar-refractivity contribution is 0.0603. The van der Waals surface area contributed by atoms with Crippen molar-refractivity contribution >= 4 is 17.3 Å². The quantitative estimate of drug-likeness (QED) is 0.738. The van der Waals surface area contributed by atoms with Crippen LogP contribution in [0, 0.1) is 13.8 Å². The highest BCUT2D eigenvalue weighted by molar-refractivity contribution is 7.14. The predicted octanol–water partition coefficient (Wildman–Crippen LogP) is 1.64. The Morgan fingerprint density at radius 1 is 1.54 bits per heavy atom. The number of aliphatic hydroxyl groups is 1. The molecule has 0 atom stereocenters. The molecule has 0 spiro atoms. The molecule has 0 radical (unpaired) electrons. The van der Waals surface area contributed by atoms with E-state index in [1.165, 1.54) is 18.4 Å². The second-order valence-corrected chi connectivity index (χ2v) is 3.97. The zero-order valence-corrected chi connectivity index (χ0v) is 8.70. The number of methoxy groups -OCH3 is 1. The lowest BCUT2D eigenvalue weighted by Gasteiger charge is -1.99. The molecule has 0 aromatic carbocycles. The third-order valence-corrected chi connectivity index (χ3v) is 3.27. The summed E-state index contributed by atoms with van der Waals surface area (Å²) in [6.07, 6.45) is 0. The summed E-state index contributed by atoms with van der Waals surface area (Å²) < 4.78 is 4.61. The average Bonchev–Trinajstić information content (AvgIpc) is 2.42. The highest BCUT2D eigenvalue weighted by Gasteiger charge is 2.18. The summed E-state index contributed by atoms with van der Waals surface area (Å²) in [7, 11) is 1.34. The number of ether oxygens (including phenoxy) is 1. The molecule has 3 nitrogen and oxygen atoms in total. The maximum atomic E-state index is 11.2. The first-order valence-electron chi connectivity index (χ1n) is 3.89. The van der Waals surface area contributed by atoms with E-state index in [1.54, 1.807) is 0 Å². The Kier molecular flexibility index (Phi) is 3.06. The fraction of sp³-hybridized carbons (Fsp3) is 0.444. The van der Waals surface area contributed by atoms with Crippen LogP contribution in [0.15, 0.2) is 0 Å². The van der Waals surface area contributed by atoms with Crippen LogP contribution in [0.1, 0.15) is 25.7 Å². The van der Waals surface area contributed by atoms with Gasteiger partial charge in [0.05, 0.1) is 13.7 Å². The molecule has 1 rings (SSSR count). The maximum absolute atomic E-state index is 11.2. The fourth-order valence-electron chi connectivity index (χ4n) is 1.12. The van der Waals surface area contributed by atoms with Crippen LogP contribution in [0.25, 0.3) is 0 Å². The van der Waals surface area contributed by atoms with Gasteiger partial charge >= 0.3 is 5.97 Å². The third kappa shape index (κ3) is 1.73. The van der Waals surface area contributed by atoms with Crippen molar-refractivity contribution < 1.29 is 14.6 Å². The van der Waals surface area contributed by atoms with Gasteiger partial charge in [0.1, 0.15) is 4.88 Å². The molecule has 4 heteroatoms. The van der Waals surface area contributed by atoms with E-state index in [1.807, 2.05) is 13.8 Å². The summed E-state index contributed by atoms with van der Waals surface area (Å²) in [5.74, 6) is -0.370. The largest absolute Gasteiger partial charge is 0.465 e. The van der Waals surface area contributed by atoms with Crippen LogP contribution in [0.4, 0.5) is 0 Å². The maximum Gasteiger partial charge on any atom is 0.348 e. The van der Waals surface area contributed by atoms with Crippen LogP contribution in [0.2, 0.25) is 0 Å². The van der Waals surface area contributed by atoms with E-state index < -0.39 is 0 Å². The van der Waals surface area contributed by atoms with Gasteiger partial charge in [-0.15, -0.1) is 11.3 Å². The van der Waals surface area contributed by atoms with Gasteiger partial charge in [0.2, 0.25) is 0 Å². The van der Waals surface area contributed by atoms with Gasteiger partial charge in [0.15, 0.2) is 0 Å². The minimum Gasteiger partial charge on any atom is -0.465 e. The van der Waals surface area contributed by atoms with Crippen LogP contribution >= 0.6 is 11.3 Å². The number of carbonyl (C=O) groups excluding carboxylic acids is 1. The van der Waals surface area contributed by atoms with Crippen LogP contribution in [0.3, 0.4) is 0 Å². The first kappa shape index (κ1) is 10.2. The van der Waals surface area contributed by atoms with Gasteiger partial charge in [-0.3, -0.25) is 0 Å². The Bertz CT molecular complexity index is 328. The topological polar surface area (TPSA) is 46.5 Å². The first-order chi connectivity index (χ1) is 6.11. The summed E-state index contributed by atoms with van der Waals surface area (Å²) >= 11 is 1.36. The lowest BCUT2D eigenvalue weighted by Crippen LogP contribution is -2.02. The normalized spacial score (nSPS) is 10.2. The SMILES string of the molecule is COC(=O)c1sc(C)c(C)c1CO. The smallest absolute Gasteiger partial charge is 0.348 e. The molecule has 0 aliphatic heterocycles. The molecule has 0 saturated heterocycles. The predicted molar refractivity (Wildman–Crippen MR) is 51.1 cm³/mol. The van der Waals surface area contributed by atoms with Crippen molar-refractivity contribution in [1.82, 2.24) is 0 Å². The second kappa shape index (κ2) is 3.89. The van der Waals surface area contributed by atoms with Crippen LogP contribution in [0.5, 0.6) is 0 Å². The molecule has 0 aliphatic carbocycles. The molecule has 0 fully saturated rings. The molecule has 0 saturated carbocycles. The number of carbonyl (C=O) groups is 1. The van der Waals surface area contributed by atoms with Crippen LogP contribution in [-0.4, -0.2) is 18.2 Å². The van der Waals surface area contributed by atoms with Crippen molar-refractivity contribution in [1.29, 1.82) is 0 Å². The Labute approximate surface area is 81.0 Å². The number of aliphatic hydroxyl groups excluding tert-OH is 1. The Hall–Kier alpha value is -0.870. The van der Waals surface area contributed by atoms with Crippen LogP contribution < -0.4 is 0 Å². The summed E-state index contributed by atoms with van der Waals surface area (Å²) in [6.45, 7) is 3.70. The highest BCUT2D eigenvalue weighted by atomic mass is 32.1. The average molecular weight is 200 g/mol. The molecule has 1 N–H and O–H groups in total. The van der Waals surface area contributed by atoms with E-state index in [9.17, 15) is 4.79 Å². The van der Waals surface area contributed by atoms with E-state index in [2.05, 4.69) is 4.74 Å². The van der Waals surface area contributed by atoms with Gasteiger partial charge in [-0.05, 0) is 19.4 Å². The monoisotopic (exact) mass is 200 g/mol. The molecular weight excluding hydrogens is 188 g/mol. The summed E-state index contributed by atoms with van der Waals surface area (Å²) in [5.41, 5.74) is 1.67. The summed E-state index contributed by atoms with van der Waals surface area (Å²) in [4.78, 5) is 12.8. The van der Waals surface area contributed by atoms with Crippen molar-refractivity contribution in [2.24, 2.45) is 0 Å². The number of hydrogen-bond donors (Lipinski definition) is 1. The van der Waals surface area contributed by atoms with Crippen LogP contribution in [-0.2, 0) is 11.3 Å². The summed E-state index contributed by atoms with van der Waals surface area (Å²) in [6, 6.07) is 0. The number of esters is 1. The Morgan fingerprint density at radius 3 is 2.62 bits per heavy atom. The number of thiophene rings is 1. The van der Waals surface area contributed by atoms with E-state index in [4.69, 9.17) is 5.11 Å². The van der Waals surface area contributed by atoms with Gasteiger partial charge in [0.25, 0.3) is 0 Å². The number of aryl methyl sites for hydroxylation is 1. The Balaban J connectivity index is 3.21. The molecule has 1 aromatic rings. The van der Waals surface area contributed by atoms with Crippen molar-refractivity contribution in [2.75, 3.05) is 7.11 Å².